The van der Waals surface area contributed by atoms with Gasteiger partial charge in [0.05, 0.1) is 5.60 Å². The molecule has 108 valence electrons. The normalized spacial score (nSPS) is 23.6. The van der Waals surface area contributed by atoms with E-state index < -0.39 is 0 Å². The van der Waals surface area contributed by atoms with Gasteiger partial charge in [0.2, 0.25) is 0 Å². The first kappa shape index (κ1) is 14.3. The molecule has 5 heteroatoms. The third kappa shape index (κ3) is 3.94. The molecule has 0 spiro atoms. The van der Waals surface area contributed by atoms with Gasteiger partial charge in [-0.15, -0.1) is 0 Å². The Hall–Kier alpha value is -1.07. The third-order valence-electron chi connectivity index (χ3n) is 3.99. The van der Waals surface area contributed by atoms with Crippen molar-refractivity contribution in [2.24, 2.45) is 4.99 Å². The van der Waals surface area contributed by atoms with Gasteiger partial charge >= 0.3 is 0 Å². The Morgan fingerprint density at radius 2 is 2.05 bits per heavy atom. The van der Waals surface area contributed by atoms with Crippen molar-refractivity contribution in [3.8, 4) is 0 Å². The summed E-state index contributed by atoms with van der Waals surface area (Å²) in [6, 6.07) is 0.472. The van der Waals surface area contributed by atoms with Gasteiger partial charge in [0, 0.05) is 52.8 Å². The van der Waals surface area contributed by atoms with Gasteiger partial charge in [-0.2, -0.15) is 0 Å². The number of methoxy groups -OCH3 is 1. The lowest BCUT2D eigenvalue weighted by atomic mass is 9.94. The van der Waals surface area contributed by atoms with E-state index >= 15 is 0 Å². The van der Waals surface area contributed by atoms with Crippen LogP contribution in [0.3, 0.4) is 0 Å². The van der Waals surface area contributed by atoms with E-state index in [0.29, 0.717) is 6.04 Å². The van der Waals surface area contributed by atoms with Gasteiger partial charge in [-0.3, -0.25) is 4.99 Å². The van der Waals surface area contributed by atoms with E-state index in [0.717, 1.165) is 51.4 Å². The van der Waals surface area contributed by atoms with Crippen molar-refractivity contribution >= 4 is 5.96 Å². The fraction of sp³-hybridized carbons (Fsp3) is 0.786. The molecule has 5 nitrogen and oxygen atoms in total. The third-order valence-corrected chi connectivity index (χ3v) is 3.99. The standard InChI is InChI=1S/C14H25N3O2/c1-15-13(17-12-5-3-4-6-12)16-11-14(18-2)7-9-19-10-8-14/h3-4,12H,5-11H2,1-2H3,(H2,15,16,17). The van der Waals surface area contributed by atoms with Crippen LogP contribution in [-0.2, 0) is 9.47 Å². The highest BCUT2D eigenvalue weighted by molar-refractivity contribution is 5.80. The van der Waals surface area contributed by atoms with Gasteiger partial charge in [0.1, 0.15) is 0 Å². The molecule has 0 saturated carbocycles. The van der Waals surface area contributed by atoms with E-state index in [1.165, 1.54) is 0 Å². The van der Waals surface area contributed by atoms with Crippen LogP contribution >= 0.6 is 0 Å². The minimum absolute atomic E-state index is 0.121. The lowest BCUT2D eigenvalue weighted by molar-refractivity contribution is -0.0855. The molecule has 0 radical (unpaired) electrons. The minimum atomic E-state index is -0.121. The minimum Gasteiger partial charge on any atom is -0.381 e. The number of nitrogens with one attached hydrogen (secondary N) is 2. The first-order chi connectivity index (χ1) is 9.28. The molecular formula is C14H25N3O2. The zero-order valence-electron chi connectivity index (χ0n) is 11.9. The molecule has 2 rings (SSSR count). The fourth-order valence-corrected chi connectivity index (χ4v) is 2.56. The van der Waals surface area contributed by atoms with Crippen molar-refractivity contribution in [1.82, 2.24) is 10.6 Å². The van der Waals surface area contributed by atoms with Crippen LogP contribution in [0.2, 0.25) is 0 Å². The monoisotopic (exact) mass is 267 g/mol. The number of ether oxygens (including phenoxy) is 2. The van der Waals surface area contributed by atoms with Crippen molar-refractivity contribution in [3.05, 3.63) is 12.2 Å². The molecule has 1 fully saturated rings. The summed E-state index contributed by atoms with van der Waals surface area (Å²) < 4.78 is 11.1. The number of nitrogens with zero attached hydrogens (tertiary/aromatic N) is 1. The maximum absolute atomic E-state index is 5.71. The Kier molecular flexibility index (Phi) is 5.22. The molecular weight excluding hydrogens is 242 g/mol. The van der Waals surface area contributed by atoms with Gasteiger partial charge in [-0.1, -0.05) is 12.2 Å². The second kappa shape index (κ2) is 6.91. The average Bonchev–Trinajstić information content (AvgIpc) is 2.97. The topological polar surface area (TPSA) is 54.9 Å². The molecule has 19 heavy (non-hydrogen) atoms. The summed E-state index contributed by atoms with van der Waals surface area (Å²) in [5.74, 6) is 0.858. The molecule has 1 saturated heterocycles. The summed E-state index contributed by atoms with van der Waals surface area (Å²) in [4.78, 5) is 4.28. The van der Waals surface area contributed by atoms with Crippen LogP contribution < -0.4 is 10.6 Å². The lowest BCUT2D eigenvalue weighted by Crippen LogP contribution is -2.52. The Labute approximate surface area is 115 Å². The highest BCUT2D eigenvalue weighted by Gasteiger charge is 2.32. The SMILES string of the molecule is CN=C(NCC1(OC)CCOCC1)NC1CC=CC1. The first-order valence-electron chi connectivity index (χ1n) is 7.03. The number of hydrogen-bond donors (Lipinski definition) is 2. The summed E-state index contributed by atoms with van der Waals surface area (Å²) in [7, 11) is 3.59. The summed E-state index contributed by atoms with van der Waals surface area (Å²) in [6.07, 6.45) is 8.42. The lowest BCUT2D eigenvalue weighted by Gasteiger charge is -2.36. The highest BCUT2D eigenvalue weighted by Crippen LogP contribution is 2.23. The molecule has 0 unspecified atom stereocenters. The van der Waals surface area contributed by atoms with Gasteiger partial charge in [0.25, 0.3) is 0 Å². The van der Waals surface area contributed by atoms with Crippen LogP contribution in [0.15, 0.2) is 17.1 Å². The van der Waals surface area contributed by atoms with Crippen LogP contribution in [0.25, 0.3) is 0 Å². The van der Waals surface area contributed by atoms with Crippen LogP contribution in [0, 0.1) is 0 Å². The molecule has 1 heterocycles. The van der Waals surface area contributed by atoms with Crippen molar-refractivity contribution in [1.29, 1.82) is 0 Å². The first-order valence-corrected chi connectivity index (χ1v) is 7.03. The zero-order valence-corrected chi connectivity index (χ0v) is 11.9. The Morgan fingerprint density at radius 1 is 1.37 bits per heavy atom. The van der Waals surface area contributed by atoms with Gasteiger partial charge < -0.3 is 20.1 Å². The summed E-state index contributed by atoms with van der Waals surface area (Å²) >= 11 is 0. The van der Waals surface area contributed by atoms with Gasteiger partial charge in [0.15, 0.2) is 5.96 Å². The van der Waals surface area contributed by atoms with Gasteiger partial charge in [-0.05, 0) is 12.8 Å². The molecule has 0 aromatic heterocycles. The highest BCUT2D eigenvalue weighted by atomic mass is 16.5. The molecule has 1 aliphatic heterocycles. The van der Waals surface area contributed by atoms with Crippen LogP contribution in [0.4, 0.5) is 0 Å². The van der Waals surface area contributed by atoms with E-state index in [1.54, 1.807) is 14.2 Å². The molecule has 0 bridgehead atoms. The molecule has 2 aliphatic rings. The molecule has 0 amide bonds. The Balaban J connectivity index is 1.81. The molecule has 0 aromatic carbocycles. The number of guanidine groups is 1. The largest absolute Gasteiger partial charge is 0.381 e. The maximum Gasteiger partial charge on any atom is 0.191 e. The van der Waals surface area contributed by atoms with Crippen molar-refractivity contribution in [2.45, 2.75) is 37.3 Å². The van der Waals surface area contributed by atoms with Crippen LogP contribution in [-0.4, -0.2) is 51.5 Å². The number of aliphatic imine (C=N–C) groups is 1. The van der Waals surface area contributed by atoms with E-state index in [4.69, 9.17) is 9.47 Å². The van der Waals surface area contributed by atoms with E-state index in [2.05, 4.69) is 27.8 Å². The van der Waals surface area contributed by atoms with Crippen molar-refractivity contribution in [2.75, 3.05) is 33.9 Å². The van der Waals surface area contributed by atoms with E-state index in [1.807, 2.05) is 0 Å². The van der Waals surface area contributed by atoms with E-state index in [-0.39, 0.29) is 5.60 Å². The van der Waals surface area contributed by atoms with Gasteiger partial charge in [-0.25, -0.2) is 0 Å². The summed E-state index contributed by atoms with van der Waals surface area (Å²) in [6.45, 7) is 2.31. The molecule has 2 N–H and O–H groups in total. The molecule has 0 aromatic rings. The summed E-state index contributed by atoms with van der Waals surface area (Å²) in [5, 5.41) is 6.82. The molecule has 1 aliphatic carbocycles. The number of hydrogen-bond acceptors (Lipinski definition) is 3. The second-order valence-electron chi connectivity index (χ2n) is 5.21. The Bertz CT molecular complexity index is 328. The predicted molar refractivity (Wildman–Crippen MR) is 76.5 cm³/mol. The summed E-state index contributed by atoms with van der Waals surface area (Å²) in [5.41, 5.74) is -0.121. The zero-order chi connectivity index (χ0) is 13.6. The smallest absolute Gasteiger partial charge is 0.191 e. The fourth-order valence-electron chi connectivity index (χ4n) is 2.56. The second-order valence-corrected chi connectivity index (χ2v) is 5.21. The predicted octanol–water partition coefficient (Wildman–Crippen LogP) is 1.07. The van der Waals surface area contributed by atoms with Crippen molar-refractivity contribution in [3.63, 3.8) is 0 Å². The molecule has 0 atom stereocenters. The quantitative estimate of drug-likeness (QED) is 0.454. The van der Waals surface area contributed by atoms with Crippen LogP contribution in [0.5, 0.6) is 0 Å². The average molecular weight is 267 g/mol. The van der Waals surface area contributed by atoms with Crippen LogP contribution in [0.1, 0.15) is 25.7 Å². The van der Waals surface area contributed by atoms with E-state index in [9.17, 15) is 0 Å². The van der Waals surface area contributed by atoms with Crippen molar-refractivity contribution < 1.29 is 9.47 Å². The number of rotatable bonds is 4. The maximum atomic E-state index is 5.71. The Morgan fingerprint density at radius 3 is 2.63 bits per heavy atom.